The van der Waals surface area contributed by atoms with Crippen LogP contribution in [0, 0.1) is 0 Å². The molecule has 2 heterocycles. The van der Waals surface area contributed by atoms with Crippen molar-refractivity contribution >= 4 is 0 Å². The topological polar surface area (TPSA) is 74.2 Å². The van der Waals surface area contributed by atoms with Crippen LogP contribution in [0.2, 0.25) is 0 Å². The molecule has 1 unspecified atom stereocenters. The molecule has 1 aliphatic carbocycles. The Kier molecular flexibility index (Phi) is 2.03. The van der Waals surface area contributed by atoms with Crippen LogP contribution in [0.4, 0.5) is 0 Å². The van der Waals surface area contributed by atoms with Crippen LogP contribution in [0.1, 0.15) is 43.3 Å². The van der Waals surface area contributed by atoms with Crippen molar-refractivity contribution in [1.29, 1.82) is 0 Å². The van der Waals surface area contributed by atoms with Crippen LogP contribution < -0.4 is 5.73 Å². The first-order valence-corrected chi connectivity index (χ1v) is 5.49. The van der Waals surface area contributed by atoms with E-state index in [-0.39, 0.29) is 0 Å². The molecular formula is C10H15N3O2. The lowest BCUT2D eigenvalue weighted by Gasteiger charge is -2.29. The maximum atomic E-state index is 6.20. The molecule has 5 nitrogen and oxygen atoms in total. The molecule has 0 bridgehead atoms. The quantitative estimate of drug-likeness (QED) is 0.783. The summed E-state index contributed by atoms with van der Waals surface area (Å²) < 4.78 is 10.6. The second kappa shape index (κ2) is 3.28. The van der Waals surface area contributed by atoms with E-state index < -0.39 is 5.54 Å². The largest absolute Gasteiger partial charge is 0.379 e. The third-order valence-corrected chi connectivity index (χ3v) is 3.08. The van der Waals surface area contributed by atoms with Crippen LogP contribution in [0.25, 0.3) is 0 Å². The first-order valence-electron chi connectivity index (χ1n) is 5.49. The minimum absolute atomic E-state index is 0.486. The molecule has 1 aliphatic heterocycles. The lowest BCUT2D eigenvalue weighted by atomic mass is 9.93. The van der Waals surface area contributed by atoms with Crippen molar-refractivity contribution in [3.8, 4) is 0 Å². The molecule has 1 saturated heterocycles. The standard InChI is InChI=1S/C10H15N3O2/c11-10(4-1-5-14-6-10)9-12-8(15-13-9)7-2-3-7/h7H,1-6,11H2. The van der Waals surface area contributed by atoms with E-state index in [1.165, 1.54) is 0 Å². The van der Waals surface area contributed by atoms with Crippen LogP contribution >= 0.6 is 0 Å². The minimum Gasteiger partial charge on any atom is -0.379 e. The van der Waals surface area contributed by atoms with E-state index in [0.717, 1.165) is 38.2 Å². The van der Waals surface area contributed by atoms with Gasteiger partial charge in [0.1, 0.15) is 5.54 Å². The van der Waals surface area contributed by atoms with Crippen LogP contribution in [-0.2, 0) is 10.3 Å². The van der Waals surface area contributed by atoms with E-state index in [2.05, 4.69) is 10.1 Å². The highest BCUT2D eigenvalue weighted by Crippen LogP contribution is 2.39. The summed E-state index contributed by atoms with van der Waals surface area (Å²) in [5.41, 5.74) is 5.67. The molecule has 0 radical (unpaired) electrons. The Hall–Kier alpha value is -0.940. The van der Waals surface area contributed by atoms with Gasteiger partial charge in [0, 0.05) is 12.5 Å². The van der Waals surface area contributed by atoms with E-state index in [1.807, 2.05) is 0 Å². The van der Waals surface area contributed by atoms with Crippen molar-refractivity contribution in [2.24, 2.45) is 5.73 Å². The summed E-state index contributed by atoms with van der Waals surface area (Å²) in [7, 11) is 0. The molecule has 0 amide bonds. The summed E-state index contributed by atoms with van der Waals surface area (Å²) in [6.07, 6.45) is 4.16. The molecule has 1 saturated carbocycles. The third-order valence-electron chi connectivity index (χ3n) is 3.08. The molecular weight excluding hydrogens is 194 g/mol. The summed E-state index contributed by atoms with van der Waals surface area (Å²) in [5.74, 6) is 1.85. The van der Waals surface area contributed by atoms with Gasteiger partial charge in [0.25, 0.3) is 0 Å². The van der Waals surface area contributed by atoms with E-state index in [1.54, 1.807) is 0 Å². The average Bonchev–Trinajstić information content (AvgIpc) is 2.97. The van der Waals surface area contributed by atoms with Gasteiger partial charge >= 0.3 is 0 Å². The molecule has 0 aromatic carbocycles. The van der Waals surface area contributed by atoms with E-state index in [9.17, 15) is 0 Å². The van der Waals surface area contributed by atoms with Gasteiger partial charge in [-0.3, -0.25) is 0 Å². The summed E-state index contributed by atoms with van der Waals surface area (Å²) in [4.78, 5) is 4.38. The Morgan fingerprint density at radius 3 is 2.93 bits per heavy atom. The number of ether oxygens (including phenoxy) is 1. The molecule has 1 aromatic rings. The molecule has 0 spiro atoms. The van der Waals surface area contributed by atoms with Crippen molar-refractivity contribution in [2.75, 3.05) is 13.2 Å². The maximum absolute atomic E-state index is 6.20. The third kappa shape index (κ3) is 1.66. The summed E-state index contributed by atoms with van der Waals surface area (Å²) in [6.45, 7) is 1.28. The second-order valence-electron chi connectivity index (χ2n) is 4.54. The van der Waals surface area contributed by atoms with Gasteiger partial charge in [0.15, 0.2) is 5.82 Å². The number of nitrogens with two attached hydrogens (primary N) is 1. The molecule has 5 heteroatoms. The van der Waals surface area contributed by atoms with Crippen LogP contribution in [0.15, 0.2) is 4.52 Å². The van der Waals surface area contributed by atoms with Gasteiger partial charge in [-0.05, 0) is 25.7 Å². The Labute approximate surface area is 88.0 Å². The zero-order valence-electron chi connectivity index (χ0n) is 8.61. The van der Waals surface area contributed by atoms with Gasteiger partial charge < -0.3 is 15.0 Å². The highest BCUT2D eigenvalue weighted by atomic mass is 16.5. The Balaban J connectivity index is 1.83. The lowest BCUT2D eigenvalue weighted by molar-refractivity contribution is 0.0320. The predicted molar refractivity (Wildman–Crippen MR) is 52.2 cm³/mol. The zero-order chi connectivity index (χ0) is 10.3. The number of hydrogen-bond acceptors (Lipinski definition) is 5. The fourth-order valence-electron chi connectivity index (χ4n) is 1.93. The van der Waals surface area contributed by atoms with Gasteiger partial charge in [0.2, 0.25) is 5.89 Å². The number of rotatable bonds is 2. The molecule has 3 rings (SSSR count). The smallest absolute Gasteiger partial charge is 0.229 e. The summed E-state index contributed by atoms with van der Waals surface area (Å²) >= 11 is 0. The van der Waals surface area contributed by atoms with E-state index in [0.29, 0.717) is 18.3 Å². The second-order valence-corrected chi connectivity index (χ2v) is 4.54. The molecule has 2 fully saturated rings. The fourth-order valence-corrected chi connectivity index (χ4v) is 1.93. The van der Waals surface area contributed by atoms with Crippen molar-refractivity contribution in [2.45, 2.75) is 37.1 Å². The van der Waals surface area contributed by atoms with Gasteiger partial charge in [-0.15, -0.1) is 0 Å². The molecule has 2 aliphatic rings. The van der Waals surface area contributed by atoms with Gasteiger partial charge in [-0.1, -0.05) is 5.16 Å². The van der Waals surface area contributed by atoms with Gasteiger partial charge in [0.05, 0.1) is 6.61 Å². The van der Waals surface area contributed by atoms with Crippen LogP contribution in [0.5, 0.6) is 0 Å². The van der Waals surface area contributed by atoms with E-state index >= 15 is 0 Å². The van der Waals surface area contributed by atoms with E-state index in [4.69, 9.17) is 15.0 Å². The summed E-state index contributed by atoms with van der Waals surface area (Å²) in [6, 6.07) is 0. The fraction of sp³-hybridized carbons (Fsp3) is 0.800. The van der Waals surface area contributed by atoms with Crippen molar-refractivity contribution in [1.82, 2.24) is 10.1 Å². The SMILES string of the molecule is NC1(c2noc(C3CC3)n2)CCCOC1. The number of aromatic nitrogens is 2. The molecule has 1 atom stereocenters. The minimum atomic E-state index is -0.533. The molecule has 15 heavy (non-hydrogen) atoms. The zero-order valence-corrected chi connectivity index (χ0v) is 8.61. The van der Waals surface area contributed by atoms with Crippen molar-refractivity contribution < 1.29 is 9.26 Å². The van der Waals surface area contributed by atoms with Gasteiger partial charge in [-0.2, -0.15) is 4.98 Å². The molecule has 1 aromatic heterocycles. The number of nitrogens with zero attached hydrogens (tertiary/aromatic N) is 2. The van der Waals surface area contributed by atoms with Crippen LogP contribution in [-0.4, -0.2) is 23.4 Å². The van der Waals surface area contributed by atoms with Crippen LogP contribution in [0.3, 0.4) is 0 Å². The summed E-state index contributed by atoms with van der Waals surface area (Å²) in [5, 5.41) is 3.98. The highest BCUT2D eigenvalue weighted by molar-refractivity contribution is 5.09. The Morgan fingerprint density at radius 2 is 2.27 bits per heavy atom. The Bertz CT molecular complexity index is 353. The normalized spacial score (nSPS) is 31.8. The van der Waals surface area contributed by atoms with Crippen molar-refractivity contribution in [3.05, 3.63) is 11.7 Å². The van der Waals surface area contributed by atoms with Crippen molar-refractivity contribution in [3.63, 3.8) is 0 Å². The monoisotopic (exact) mass is 209 g/mol. The number of hydrogen-bond donors (Lipinski definition) is 1. The lowest BCUT2D eigenvalue weighted by Crippen LogP contribution is -2.45. The average molecular weight is 209 g/mol. The maximum Gasteiger partial charge on any atom is 0.229 e. The first kappa shape index (κ1) is 9.30. The molecule has 82 valence electrons. The first-order chi connectivity index (χ1) is 7.28. The molecule has 2 N–H and O–H groups in total. The highest BCUT2D eigenvalue weighted by Gasteiger charge is 2.37. The predicted octanol–water partition coefficient (Wildman–Crippen LogP) is 0.911. The van der Waals surface area contributed by atoms with Gasteiger partial charge in [-0.25, -0.2) is 0 Å². The Morgan fingerprint density at radius 1 is 1.40 bits per heavy atom.